The average Bonchev–Trinajstić information content (AvgIpc) is 1.68. The first kappa shape index (κ1) is 8.43. The lowest BCUT2D eigenvalue weighted by atomic mass is 10.9. The molecule has 0 heterocycles. The van der Waals surface area contributed by atoms with Gasteiger partial charge in [-0.3, -0.25) is 0 Å². The predicted molar refractivity (Wildman–Crippen MR) is 41.9 cm³/mol. The van der Waals surface area contributed by atoms with Crippen molar-refractivity contribution < 1.29 is 0 Å². The van der Waals surface area contributed by atoms with Crippen LogP contribution < -0.4 is 0 Å². The van der Waals surface area contributed by atoms with Crippen LogP contribution in [0.3, 0.4) is 0 Å². The minimum atomic E-state index is 1.02. The summed E-state index contributed by atoms with van der Waals surface area (Å²) in [6.45, 7) is 6.91. The van der Waals surface area contributed by atoms with Gasteiger partial charge in [0.05, 0.1) is 0 Å². The number of rotatable bonds is 4. The average molecular weight is 142 g/mol. The van der Waals surface area contributed by atoms with Gasteiger partial charge in [0.2, 0.25) is 0 Å². The van der Waals surface area contributed by atoms with Crippen LogP contribution in [0.15, 0.2) is 0 Å². The molecule has 0 unspecified atom stereocenters. The van der Waals surface area contributed by atoms with Crippen LogP contribution in [0.5, 0.6) is 0 Å². The fourth-order valence-corrected chi connectivity index (χ4v) is 3.71. The summed E-state index contributed by atoms with van der Waals surface area (Å²) in [6, 6.07) is 2.77. The lowest BCUT2D eigenvalue weighted by molar-refractivity contribution is 1.24. The van der Waals surface area contributed by atoms with E-state index in [0.29, 0.717) is 0 Å². The van der Waals surface area contributed by atoms with E-state index in [9.17, 15) is 0 Å². The van der Waals surface area contributed by atoms with E-state index in [-0.39, 0.29) is 0 Å². The van der Waals surface area contributed by atoms with Gasteiger partial charge in [0.1, 0.15) is 0 Å². The SMILES string of the molecule is CC[Si]C(C)[Si]CC. The maximum Gasteiger partial charge on any atom is 0.0372 e. The van der Waals surface area contributed by atoms with Crippen LogP contribution >= 0.6 is 0 Å². The molecule has 0 fully saturated rings. The highest BCUT2D eigenvalue weighted by Crippen LogP contribution is 2.01. The Bertz CT molecular complexity index is 39.8. The van der Waals surface area contributed by atoms with Gasteiger partial charge in [-0.1, -0.05) is 38.0 Å². The zero-order valence-corrected chi connectivity index (χ0v) is 7.99. The molecule has 2 heteroatoms. The molecule has 46 valence electrons. The molecule has 0 aromatic carbocycles. The zero-order chi connectivity index (χ0) is 6.41. The highest BCUT2D eigenvalue weighted by atomic mass is 28.3. The van der Waals surface area contributed by atoms with Gasteiger partial charge < -0.3 is 0 Å². The van der Waals surface area contributed by atoms with Crippen molar-refractivity contribution >= 4 is 19.0 Å². The Kier molecular flexibility index (Phi) is 5.87. The van der Waals surface area contributed by atoms with E-state index >= 15 is 0 Å². The highest BCUT2D eigenvalue weighted by molar-refractivity contribution is 6.58. The molecule has 0 aliphatic carbocycles. The zero-order valence-electron chi connectivity index (χ0n) is 5.99. The van der Waals surface area contributed by atoms with Crippen LogP contribution in [0.4, 0.5) is 0 Å². The molecule has 0 saturated heterocycles. The molecule has 0 aromatic heterocycles. The van der Waals surface area contributed by atoms with E-state index in [2.05, 4.69) is 20.8 Å². The Hall–Kier alpha value is 0.434. The van der Waals surface area contributed by atoms with Crippen LogP contribution in [0.25, 0.3) is 0 Å². The monoisotopic (exact) mass is 142 g/mol. The van der Waals surface area contributed by atoms with Crippen molar-refractivity contribution in [3.63, 3.8) is 0 Å². The molecule has 0 rings (SSSR count). The summed E-state index contributed by atoms with van der Waals surface area (Å²) >= 11 is 0. The standard InChI is InChI=1S/C6H14Si2/c1-4-7-6(3)8-5-2/h6H,4-5H2,1-3H3. The van der Waals surface area contributed by atoms with E-state index in [1.54, 1.807) is 0 Å². The minimum Gasteiger partial charge on any atom is -0.0682 e. The van der Waals surface area contributed by atoms with E-state index in [4.69, 9.17) is 0 Å². The van der Waals surface area contributed by atoms with Crippen molar-refractivity contribution in [1.82, 2.24) is 0 Å². The molecule has 0 aromatic rings. The maximum absolute atomic E-state index is 2.36. The van der Waals surface area contributed by atoms with Crippen LogP contribution in [-0.4, -0.2) is 19.0 Å². The van der Waals surface area contributed by atoms with Gasteiger partial charge in [-0.2, -0.15) is 0 Å². The Morgan fingerprint density at radius 2 is 1.50 bits per heavy atom. The van der Waals surface area contributed by atoms with Crippen LogP contribution in [-0.2, 0) is 0 Å². The summed E-state index contributed by atoms with van der Waals surface area (Å²) in [4.78, 5) is 0. The fraction of sp³-hybridized carbons (Fsp3) is 1.00. The first-order chi connectivity index (χ1) is 3.81. The lowest BCUT2D eigenvalue weighted by Gasteiger charge is -2.03. The van der Waals surface area contributed by atoms with Crippen molar-refractivity contribution in [2.24, 2.45) is 0 Å². The van der Waals surface area contributed by atoms with Gasteiger partial charge in [0, 0.05) is 19.0 Å². The second-order valence-electron chi connectivity index (χ2n) is 1.84. The fourth-order valence-electron chi connectivity index (χ4n) is 0.685. The van der Waals surface area contributed by atoms with E-state index in [1.807, 2.05) is 0 Å². The molecule has 8 heavy (non-hydrogen) atoms. The first-order valence-corrected chi connectivity index (χ1v) is 5.84. The van der Waals surface area contributed by atoms with Gasteiger partial charge in [-0.25, -0.2) is 0 Å². The molecule has 0 bridgehead atoms. The Morgan fingerprint density at radius 1 is 1.12 bits per heavy atom. The maximum atomic E-state index is 2.36. The van der Waals surface area contributed by atoms with Crippen LogP contribution in [0.1, 0.15) is 20.8 Å². The van der Waals surface area contributed by atoms with Crippen LogP contribution in [0, 0.1) is 0 Å². The molecule has 0 amide bonds. The van der Waals surface area contributed by atoms with Gasteiger partial charge in [0.15, 0.2) is 0 Å². The van der Waals surface area contributed by atoms with Crippen molar-refractivity contribution in [3.05, 3.63) is 0 Å². The molecule has 0 spiro atoms. The Morgan fingerprint density at radius 3 is 1.75 bits per heavy atom. The van der Waals surface area contributed by atoms with Crippen molar-refractivity contribution in [2.45, 2.75) is 38.0 Å². The van der Waals surface area contributed by atoms with Crippen molar-refractivity contribution in [1.29, 1.82) is 0 Å². The number of hydrogen-bond donors (Lipinski definition) is 0. The van der Waals surface area contributed by atoms with Gasteiger partial charge in [-0.15, -0.1) is 0 Å². The minimum absolute atomic E-state index is 1.02. The van der Waals surface area contributed by atoms with Gasteiger partial charge >= 0.3 is 0 Å². The molecule has 0 N–H and O–H groups in total. The third-order valence-electron chi connectivity index (χ3n) is 1.02. The third kappa shape index (κ3) is 4.59. The van der Waals surface area contributed by atoms with E-state index in [1.165, 1.54) is 31.1 Å². The summed E-state index contributed by atoms with van der Waals surface area (Å²) in [5, 5.41) is 1.02. The summed E-state index contributed by atoms with van der Waals surface area (Å²) in [7, 11) is 2.42. The largest absolute Gasteiger partial charge is 0.0682 e. The second kappa shape index (κ2) is 5.57. The normalized spacial score (nSPS) is 10.5. The Balaban J connectivity index is 2.92. The lowest BCUT2D eigenvalue weighted by Crippen LogP contribution is -2.04. The molecule has 0 aliphatic rings. The third-order valence-corrected chi connectivity index (χ3v) is 4.29. The molecule has 0 atom stereocenters. The smallest absolute Gasteiger partial charge is 0.0372 e. The van der Waals surface area contributed by atoms with Gasteiger partial charge in [-0.05, 0) is 0 Å². The van der Waals surface area contributed by atoms with Crippen LogP contribution in [0.2, 0.25) is 17.3 Å². The Labute approximate surface area is 57.7 Å². The molecule has 0 nitrogen and oxygen atoms in total. The topological polar surface area (TPSA) is 0 Å². The molecule has 0 saturated carbocycles. The summed E-state index contributed by atoms with van der Waals surface area (Å²) in [5.41, 5.74) is 0. The summed E-state index contributed by atoms with van der Waals surface area (Å²) < 4.78 is 0. The predicted octanol–water partition coefficient (Wildman–Crippen LogP) is 2.04. The summed E-state index contributed by atoms with van der Waals surface area (Å²) in [6.07, 6.45) is 0. The summed E-state index contributed by atoms with van der Waals surface area (Å²) in [5.74, 6) is 0. The molecule has 4 radical (unpaired) electrons. The quantitative estimate of drug-likeness (QED) is 0.527. The second-order valence-corrected chi connectivity index (χ2v) is 6.38. The first-order valence-electron chi connectivity index (χ1n) is 3.28. The van der Waals surface area contributed by atoms with E-state index < -0.39 is 0 Å². The van der Waals surface area contributed by atoms with Crippen molar-refractivity contribution in [3.8, 4) is 0 Å². The molecule has 0 aliphatic heterocycles. The number of hydrogen-bond acceptors (Lipinski definition) is 0. The van der Waals surface area contributed by atoms with Gasteiger partial charge in [0.25, 0.3) is 0 Å². The van der Waals surface area contributed by atoms with Crippen molar-refractivity contribution in [2.75, 3.05) is 0 Å². The molecular weight excluding hydrogens is 128 g/mol. The highest BCUT2D eigenvalue weighted by Gasteiger charge is 1.98. The van der Waals surface area contributed by atoms with E-state index in [0.717, 1.165) is 5.16 Å². The molecular formula is C6H14Si2.